The highest BCUT2D eigenvalue weighted by Crippen LogP contribution is 2.34. The van der Waals surface area contributed by atoms with Crippen molar-refractivity contribution in [3.8, 4) is 0 Å². The molecule has 0 unspecified atom stereocenters. The average Bonchev–Trinajstić information content (AvgIpc) is 3.00. The minimum Gasteiger partial charge on any atom is -0.468 e. The van der Waals surface area contributed by atoms with Gasteiger partial charge in [-0.3, -0.25) is 14.2 Å². The van der Waals surface area contributed by atoms with Gasteiger partial charge < -0.3 is 9.32 Å². The van der Waals surface area contributed by atoms with Crippen molar-refractivity contribution in [2.75, 3.05) is 18.8 Å². The molecule has 3 rings (SSSR count). The summed E-state index contributed by atoms with van der Waals surface area (Å²) in [6.45, 7) is 4.94. The number of carbonyl (C=O) groups is 1. The Morgan fingerprint density at radius 3 is 3.00 bits per heavy atom. The van der Waals surface area contributed by atoms with Gasteiger partial charge in [0.05, 0.1) is 17.8 Å². The second-order valence-corrected chi connectivity index (χ2v) is 7.24. The molecular formula is C17H21N3O3S. The van der Waals surface area contributed by atoms with E-state index in [0.29, 0.717) is 24.3 Å². The van der Waals surface area contributed by atoms with E-state index in [-0.39, 0.29) is 23.3 Å². The Morgan fingerprint density at radius 2 is 2.25 bits per heavy atom. The van der Waals surface area contributed by atoms with E-state index < -0.39 is 0 Å². The molecule has 1 saturated heterocycles. The summed E-state index contributed by atoms with van der Waals surface area (Å²) >= 11 is 1.81. The summed E-state index contributed by atoms with van der Waals surface area (Å²) in [6, 6.07) is 3.87. The quantitative estimate of drug-likeness (QED) is 0.851. The number of furan rings is 1. The van der Waals surface area contributed by atoms with Crippen molar-refractivity contribution in [1.82, 2.24) is 14.5 Å². The van der Waals surface area contributed by atoms with Crippen LogP contribution in [0, 0.1) is 13.8 Å². The molecule has 1 amide bonds. The largest absolute Gasteiger partial charge is 0.468 e. The van der Waals surface area contributed by atoms with Crippen molar-refractivity contribution in [3.05, 3.63) is 52.1 Å². The molecular weight excluding hydrogens is 326 g/mol. The monoisotopic (exact) mass is 347 g/mol. The number of aryl methyl sites for hydroxylation is 1. The third kappa shape index (κ3) is 3.56. The minimum absolute atomic E-state index is 0.0390. The molecule has 0 bridgehead atoms. The van der Waals surface area contributed by atoms with Gasteiger partial charge in [-0.15, -0.1) is 11.8 Å². The lowest BCUT2D eigenvalue weighted by atomic mass is 10.2. The molecule has 1 aliphatic rings. The van der Waals surface area contributed by atoms with Crippen molar-refractivity contribution >= 4 is 17.7 Å². The first-order valence-corrected chi connectivity index (χ1v) is 9.06. The molecule has 7 heteroatoms. The summed E-state index contributed by atoms with van der Waals surface area (Å²) in [5.41, 5.74) is 1.15. The Hall–Kier alpha value is -2.02. The van der Waals surface area contributed by atoms with E-state index in [1.165, 1.54) is 10.9 Å². The summed E-state index contributed by atoms with van der Waals surface area (Å²) in [5.74, 6) is 1.78. The van der Waals surface area contributed by atoms with Crippen molar-refractivity contribution in [3.63, 3.8) is 0 Å². The number of hydrogen-bond acceptors (Lipinski definition) is 5. The highest BCUT2D eigenvalue weighted by atomic mass is 32.2. The predicted molar refractivity (Wildman–Crippen MR) is 93.1 cm³/mol. The first-order chi connectivity index (χ1) is 11.6. The molecule has 0 aliphatic carbocycles. The normalized spacial score (nSPS) is 18.4. The van der Waals surface area contributed by atoms with Gasteiger partial charge >= 0.3 is 0 Å². The first-order valence-electron chi connectivity index (χ1n) is 8.01. The zero-order valence-corrected chi connectivity index (χ0v) is 14.7. The fraction of sp³-hybridized carbons (Fsp3) is 0.471. The van der Waals surface area contributed by atoms with Gasteiger partial charge in [0.15, 0.2) is 0 Å². The summed E-state index contributed by atoms with van der Waals surface area (Å²) in [4.78, 5) is 30.8. The third-order valence-electron chi connectivity index (χ3n) is 4.38. The molecule has 24 heavy (non-hydrogen) atoms. The van der Waals surface area contributed by atoms with E-state index in [1.807, 2.05) is 28.8 Å². The van der Waals surface area contributed by atoms with Crippen LogP contribution in [0.4, 0.5) is 0 Å². The summed E-state index contributed by atoms with van der Waals surface area (Å²) in [5, 5.41) is 0.281. The molecule has 0 radical (unpaired) electrons. The number of hydrogen-bond donors (Lipinski definition) is 0. The number of rotatable bonds is 3. The van der Waals surface area contributed by atoms with E-state index in [1.54, 1.807) is 20.1 Å². The van der Waals surface area contributed by atoms with Crippen LogP contribution in [0.3, 0.4) is 0 Å². The topological polar surface area (TPSA) is 68.3 Å². The molecule has 3 heterocycles. The molecule has 0 aromatic carbocycles. The van der Waals surface area contributed by atoms with Gasteiger partial charge in [0.1, 0.15) is 12.3 Å². The van der Waals surface area contributed by atoms with E-state index in [9.17, 15) is 9.59 Å². The maximum absolute atomic E-state index is 12.6. The lowest BCUT2D eigenvalue weighted by Gasteiger charge is -2.20. The Balaban J connectivity index is 1.66. The molecule has 2 aromatic heterocycles. The lowest BCUT2D eigenvalue weighted by Crippen LogP contribution is -2.38. The van der Waals surface area contributed by atoms with Crippen LogP contribution in [0.5, 0.6) is 0 Å². The molecule has 0 saturated carbocycles. The van der Waals surface area contributed by atoms with E-state index in [0.717, 1.165) is 17.9 Å². The molecule has 6 nitrogen and oxygen atoms in total. The van der Waals surface area contributed by atoms with Crippen LogP contribution in [0.25, 0.3) is 0 Å². The Bertz CT molecular complexity index is 770. The Labute approximate surface area is 144 Å². The fourth-order valence-corrected chi connectivity index (χ4v) is 3.94. The van der Waals surface area contributed by atoms with Gasteiger partial charge in [0.25, 0.3) is 5.56 Å². The number of aromatic nitrogens is 2. The Kier molecular flexibility index (Phi) is 5.08. The van der Waals surface area contributed by atoms with Gasteiger partial charge in [-0.05, 0) is 32.4 Å². The maximum Gasteiger partial charge on any atom is 0.256 e. The first kappa shape index (κ1) is 16.8. The van der Waals surface area contributed by atoms with Gasteiger partial charge in [0.2, 0.25) is 5.91 Å². The van der Waals surface area contributed by atoms with Crippen molar-refractivity contribution in [2.45, 2.75) is 32.1 Å². The van der Waals surface area contributed by atoms with Crippen LogP contribution in [-0.2, 0) is 11.3 Å². The van der Waals surface area contributed by atoms with Crippen LogP contribution >= 0.6 is 11.8 Å². The summed E-state index contributed by atoms with van der Waals surface area (Å²) < 4.78 is 6.88. The van der Waals surface area contributed by atoms with E-state index in [4.69, 9.17) is 4.42 Å². The van der Waals surface area contributed by atoms with Gasteiger partial charge in [-0.1, -0.05) is 0 Å². The predicted octanol–water partition coefficient (Wildman–Crippen LogP) is 2.16. The number of nitrogens with zero attached hydrogens (tertiary/aromatic N) is 3. The van der Waals surface area contributed by atoms with Crippen molar-refractivity contribution in [1.29, 1.82) is 0 Å². The van der Waals surface area contributed by atoms with E-state index >= 15 is 0 Å². The molecule has 0 N–H and O–H groups in total. The van der Waals surface area contributed by atoms with E-state index in [2.05, 4.69) is 4.98 Å². The van der Waals surface area contributed by atoms with Crippen LogP contribution in [-0.4, -0.2) is 39.2 Å². The average molecular weight is 347 g/mol. The third-order valence-corrected chi connectivity index (χ3v) is 5.66. The number of thioether (sulfide) groups is 1. The number of amides is 1. The minimum atomic E-state index is -0.145. The molecule has 128 valence electrons. The van der Waals surface area contributed by atoms with Crippen molar-refractivity contribution in [2.24, 2.45) is 0 Å². The van der Waals surface area contributed by atoms with Gasteiger partial charge in [-0.25, -0.2) is 4.98 Å². The van der Waals surface area contributed by atoms with Crippen molar-refractivity contribution < 1.29 is 9.21 Å². The number of carbonyl (C=O) groups excluding carboxylic acids is 1. The van der Waals surface area contributed by atoms with Crippen LogP contribution in [0.15, 0.2) is 33.9 Å². The smallest absolute Gasteiger partial charge is 0.256 e. The maximum atomic E-state index is 12.6. The van der Waals surface area contributed by atoms with Gasteiger partial charge in [0, 0.05) is 30.1 Å². The second-order valence-electron chi connectivity index (χ2n) is 5.93. The summed E-state index contributed by atoms with van der Waals surface area (Å²) in [6.07, 6.45) is 3.99. The molecule has 2 aromatic rings. The molecule has 1 atom stereocenters. The van der Waals surface area contributed by atoms with Crippen LogP contribution in [0.2, 0.25) is 0 Å². The SMILES string of the molecule is Cc1ncn(CC(=O)N2CCS[C@@H](c3ccco3)CC2)c(=O)c1C. The molecule has 0 spiro atoms. The van der Waals surface area contributed by atoms with Gasteiger partial charge in [-0.2, -0.15) is 0 Å². The van der Waals surface area contributed by atoms with Crippen LogP contribution < -0.4 is 5.56 Å². The zero-order valence-electron chi connectivity index (χ0n) is 13.9. The highest BCUT2D eigenvalue weighted by Gasteiger charge is 2.23. The molecule has 1 aliphatic heterocycles. The lowest BCUT2D eigenvalue weighted by molar-refractivity contribution is -0.131. The fourth-order valence-electron chi connectivity index (χ4n) is 2.76. The second kappa shape index (κ2) is 7.25. The Morgan fingerprint density at radius 1 is 1.42 bits per heavy atom. The highest BCUT2D eigenvalue weighted by molar-refractivity contribution is 7.99. The summed E-state index contributed by atoms with van der Waals surface area (Å²) in [7, 11) is 0. The standard InChI is InChI=1S/C17H21N3O3S/c1-12-13(2)18-11-20(17(12)22)10-16(21)19-6-5-15(24-9-7-19)14-4-3-8-23-14/h3-4,8,11,15H,5-7,9-10H2,1-2H3/t15-/m1/s1. The van der Waals surface area contributed by atoms with Crippen LogP contribution in [0.1, 0.15) is 28.7 Å². The zero-order chi connectivity index (χ0) is 17.1. The molecule has 1 fully saturated rings.